The Hall–Kier alpha value is -3.55. The molecule has 0 spiro atoms. The molecule has 36 heavy (non-hydrogen) atoms. The van der Waals surface area contributed by atoms with Crippen molar-refractivity contribution in [3.8, 4) is 11.5 Å². The molecule has 9 heteroatoms. The Kier molecular flexibility index (Phi) is 9.73. The third-order valence-electron chi connectivity index (χ3n) is 5.27. The van der Waals surface area contributed by atoms with Crippen molar-refractivity contribution in [1.29, 1.82) is 0 Å². The second kappa shape index (κ2) is 13.0. The van der Waals surface area contributed by atoms with E-state index in [1.54, 1.807) is 81.6 Å². The molecule has 2 N–H and O–H groups in total. The summed E-state index contributed by atoms with van der Waals surface area (Å²) >= 11 is 12.1. The van der Waals surface area contributed by atoms with Gasteiger partial charge in [-0.15, -0.1) is 0 Å². The van der Waals surface area contributed by atoms with Crippen molar-refractivity contribution in [2.75, 3.05) is 12.4 Å². The number of hydrogen-bond donors (Lipinski definition) is 2. The number of hydrazone groups is 1. The first kappa shape index (κ1) is 27.0. The van der Waals surface area contributed by atoms with Gasteiger partial charge in [0.05, 0.1) is 13.3 Å². The highest BCUT2D eigenvalue weighted by Gasteiger charge is 2.29. The number of halogens is 2. The van der Waals surface area contributed by atoms with E-state index in [4.69, 9.17) is 32.7 Å². The molecule has 0 bridgehead atoms. The summed E-state index contributed by atoms with van der Waals surface area (Å²) in [5.74, 6) is -0.732. The number of amides is 2. The average molecular weight is 528 g/mol. The van der Waals surface area contributed by atoms with Crippen LogP contribution >= 0.6 is 23.2 Å². The molecule has 0 saturated heterocycles. The summed E-state index contributed by atoms with van der Waals surface area (Å²) in [6.45, 7) is 3.91. The number of anilines is 1. The fourth-order valence-corrected chi connectivity index (χ4v) is 3.77. The second-order valence-corrected chi connectivity index (χ2v) is 9.11. The van der Waals surface area contributed by atoms with E-state index in [1.807, 2.05) is 6.07 Å². The monoisotopic (exact) mass is 527 g/mol. The van der Waals surface area contributed by atoms with Crippen molar-refractivity contribution >= 4 is 46.9 Å². The lowest BCUT2D eigenvalue weighted by Crippen LogP contribution is -2.39. The number of carbonyl (C=O) groups excluding carboxylic acids is 2. The van der Waals surface area contributed by atoms with Gasteiger partial charge in [0, 0.05) is 21.3 Å². The van der Waals surface area contributed by atoms with E-state index in [-0.39, 0.29) is 5.92 Å². The molecule has 0 saturated carbocycles. The van der Waals surface area contributed by atoms with E-state index in [1.165, 1.54) is 6.21 Å². The molecule has 1 atom stereocenters. The van der Waals surface area contributed by atoms with E-state index in [0.29, 0.717) is 33.8 Å². The minimum absolute atomic E-state index is 0.232. The number of nitrogens with zero attached hydrogens (tertiary/aromatic N) is 1. The first-order chi connectivity index (χ1) is 17.3. The summed E-state index contributed by atoms with van der Waals surface area (Å²) in [5, 5.41) is 7.88. The number of benzene rings is 3. The molecule has 2 amide bonds. The third-order valence-corrected chi connectivity index (χ3v) is 5.85. The first-order valence-corrected chi connectivity index (χ1v) is 12.0. The standard InChI is InChI=1S/C27H27Cl2N3O4/c1-17(2)25(26(33)31-21-8-12-22(35-3)13-9-21)27(34)32-30-15-18-4-10-23(11-5-18)36-16-19-6-7-20(28)14-24(19)29/h4-15,17,25H,16H2,1-3H3,(H,31,33)(H,32,34). The molecule has 0 aromatic heterocycles. The van der Waals surface area contributed by atoms with E-state index in [2.05, 4.69) is 15.8 Å². The number of rotatable bonds is 10. The largest absolute Gasteiger partial charge is 0.497 e. The van der Waals surface area contributed by atoms with Gasteiger partial charge in [-0.3, -0.25) is 9.59 Å². The van der Waals surface area contributed by atoms with Crippen LogP contribution in [0.5, 0.6) is 11.5 Å². The van der Waals surface area contributed by atoms with Gasteiger partial charge < -0.3 is 14.8 Å². The molecular weight excluding hydrogens is 501 g/mol. The van der Waals surface area contributed by atoms with Crippen molar-refractivity contribution in [2.24, 2.45) is 16.9 Å². The van der Waals surface area contributed by atoms with E-state index in [0.717, 1.165) is 11.1 Å². The zero-order valence-corrected chi connectivity index (χ0v) is 21.6. The van der Waals surface area contributed by atoms with Crippen molar-refractivity contribution in [2.45, 2.75) is 20.5 Å². The maximum Gasteiger partial charge on any atom is 0.252 e. The molecule has 1 unspecified atom stereocenters. The third kappa shape index (κ3) is 7.73. The average Bonchev–Trinajstić information content (AvgIpc) is 2.84. The summed E-state index contributed by atoms with van der Waals surface area (Å²) in [6.07, 6.45) is 1.50. The van der Waals surface area contributed by atoms with Crippen LogP contribution in [-0.2, 0) is 16.2 Å². The first-order valence-electron chi connectivity index (χ1n) is 11.2. The predicted molar refractivity (Wildman–Crippen MR) is 143 cm³/mol. The Morgan fingerprint density at radius 1 is 0.944 bits per heavy atom. The Bertz CT molecular complexity index is 1210. The summed E-state index contributed by atoms with van der Waals surface area (Å²) in [7, 11) is 1.56. The van der Waals surface area contributed by atoms with Crippen molar-refractivity contribution in [1.82, 2.24) is 5.43 Å². The highest BCUT2D eigenvalue weighted by molar-refractivity contribution is 6.35. The number of nitrogens with one attached hydrogen (secondary N) is 2. The van der Waals surface area contributed by atoms with Gasteiger partial charge in [-0.1, -0.05) is 43.1 Å². The van der Waals surface area contributed by atoms with Crippen LogP contribution in [0.4, 0.5) is 5.69 Å². The van der Waals surface area contributed by atoms with Crippen LogP contribution in [0.25, 0.3) is 0 Å². The number of methoxy groups -OCH3 is 1. The lowest BCUT2D eigenvalue weighted by atomic mass is 9.94. The summed E-state index contributed by atoms with van der Waals surface area (Å²) in [4.78, 5) is 25.4. The van der Waals surface area contributed by atoms with E-state index >= 15 is 0 Å². The fourth-order valence-electron chi connectivity index (χ4n) is 3.31. The zero-order valence-electron chi connectivity index (χ0n) is 20.1. The smallest absolute Gasteiger partial charge is 0.252 e. The fraction of sp³-hybridized carbons (Fsp3) is 0.222. The van der Waals surface area contributed by atoms with Crippen molar-refractivity contribution < 1.29 is 19.1 Å². The number of hydrogen-bond acceptors (Lipinski definition) is 5. The van der Waals surface area contributed by atoms with Crippen LogP contribution in [0, 0.1) is 11.8 Å². The van der Waals surface area contributed by atoms with Crippen LogP contribution in [0.2, 0.25) is 10.0 Å². The maximum atomic E-state index is 12.7. The van der Waals surface area contributed by atoms with Gasteiger partial charge in [0.2, 0.25) is 5.91 Å². The summed E-state index contributed by atoms with van der Waals surface area (Å²) in [6, 6.07) is 19.3. The lowest BCUT2D eigenvalue weighted by Gasteiger charge is -2.18. The topological polar surface area (TPSA) is 89.0 Å². The van der Waals surface area contributed by atoms with Crippen LogP contribution in [-0.4, -0.2) is 25.1 Å². The van der Waals surface area contributed by atoms with Gasteiger partial charge >= 0.3 is 0 Å². The van der Waals surface area contributed by atoms with Crippen LogP contribution in [0.15, 0.2) is 71.8 Å². The second-order valence-electron chi connectivity index (χ2n) is 8.27. The molecule has 3 aromatic rings. The normalized spacial score (nSPS) is 11.8. The minimum atomic E-state index is -0.917. The van der Waals surface area contributed by atoms with Crippen LogP contribution in [0.1, 0.15) is 25.0 Å². The molecular formula is C27H27Cl2N3O4. The molecule has 0 heterocycles. The number of carbonyl (C=O) groups is 2. The van der Waals surface area contributed by atoms with Gasteiger partial charge in [-0.25, -0.2) is 5.43 Å². The van der Waals surface area contributed by atoms with Crippen molar-refractivity contribution in [3.05, 3.63) is 87.9 Å². The van der Waals surface area contributed by atoms with Gasteiger partial charge in [-0.05, 0) is 72.1 Å². The molecule has 3 aromatic carbocycles. The summed E-state index contributed by atoms with van der Waals surface area (Å²) in [5.41, 5.74) is 4.61. The van der Waals surface area contributed by atoms with Gasteiger partial charge in [0.15, 0.2) is 0 Å². The Labute approximate surface area is 220 Å². The lowest BCUT2D eigenvalue weighted by molar-refractivity contribution is -0.134. The van der Waals surface area contributed by atoms with Gasteiger partial charge in [0.1, 0.15) is 24.0 Å². The highest BCUT2D eigenvalue weighted by atomic mass is 35.5. The maximum absolute atomic E-state index is 12.7. The molecule has 7 nitrogen and oxygen atoms in total. The van der Waals surface area contributed by atoms with E-state index in [9.17, 15) is 9.59 Å². The summed E-state index contributed by atoms with van der Waals surface area (Å²) < 4.78 is 10.9. The predicted octanol–water partition coefficient (Wildman–Crippen LogP) is 5.94. The molecule has 0 aliphatic rings. The van der Waals surface area contributed by atoms with E-state index < -0.39 is 17.7 Å². The minimum Gasteiger partial charge on any atom is -0.497 e. The van der Waals surface area contributed by atoms with Gasteiger partial charge in [0.25, 0.3) is 5.91 Å². The molecule has 0 aliphatic heterocycles. The molecule has 0 radical (unpaired) electrons. The number of ether oxygens (including phenoxy) is 2. The molecule has 0 fully saturated rings. The molecule has 188 valence electrons. The van der Waals surface area contributed by atoms with Crippen LogP contribution in [0.3, 0.4) is 0 Å². The quantitative estimate of drug-likeness (QED) is 0.194. The highest BCUT2D eigenvalue weighted by Crippen LogP contribution is 2.23. The van der Waals surface area contributed by atoms with Crippen molar-refractivity contribution in [3.63, 3.8) is 0 Å². The molecule has 0 aliphatic carbocycles. The Balaban J connectivity index is 1.54. The van der Waals surface area contributed by atoms with Crippen LogP contribution < -0.4 is 20.2 Å². The molecule has 3 rings (SSSR count). The Morgan fingerprint density at radius 3 is 2.22 bits per heavy atom. The van der Waals surface area contributed by atoms with Gasteiger partial charge in [-0.2, -0.15) is 5.10 Å². The SMILES string of the molecule is COc1ccc(NC(=O)C(C(=O)NN=Cc2ccc(OCc3ccc(Cl)cc3Cl)cc2)C(C)C)cc1. The zero-order chi connectivity index (χ0) is 26.1. The Morgan fingerprint density at radius 2 is 1.61 bits per heavy atom.